The Labute approximate surface area is 106 Å². The van der Waals surface area contributed by atoms with Gasteiger partial charge in [-0.25, -0.2) is 4.79 Å². The summed E-state index contributed by atoms with van der Waals surface area (Å²) in [6.45, 7) is 6.12. The van der Waals surface area contributed by atoms with Crippen LogP contribution in [0.3, 0.4) is 0 Å². The molecule has 0 unspecified atom stereocenters. The molecule has 0 aliphatic heterocycles. The third kappa shape index (κ3) is 3.39. The Morgan fingerprint density at radius 2 is 1.81 bits per heavy atom. The van der Waals surface area contributed by atoms with E-state index in [1.54, 1.807) is 12.1 Å². The summed E-state index contributed by atoms with van der Waals surface area (Å²) in [6, 6.07) is 7.35. The second kappa shape index (κ2) is 5.07. The van der Waals surface area contributed by atoms with Gasteiger partial charge < -0.3 is 4.74 Å². The number of alkyl halides is 2. The van der Waals surface area contributed by atoms with Crippen LogP contribution in [-0.2, 0) is 10.2 Å². The van der Waals surface area contributed by atoms with E-state index < -0.39 is 10.8 Å². The van der Waals surface area contributed by atoms with Crippen molar-refractivity contribution in [3.63, 3.8) is 0 Å². The molecule has 0 aliphatic rings. The van der Waals surface area contributed by atoms with Crippen molar-refractivity contribution in [2.45, 2.75) is 31.0 Å². The van der Waals surface area contributed by atoms with Crippen molar-refractivity contribution in [1.29, 1.82) is 0 Å². The van der Waals surface area contributed by atoms with Crippen LogP contribution in [0.5, 0.6) is 5.75 Å². The Hall–Kier alpha value is -0.730. The van der Waals surface area contributed by atoms with Gasteiger partial charge in [0.1, 0.15) is 5.75 Å². The number of carbonyl (C=O) groups is 1. The van der Waals surface area contributed by atoms with Crippen LogP contribution in [0, 0.1) is 0 Å². The lowest BCUT2D eigenvalue weighted by Crippen LogP contribution is -2.19. The lowest BCUT2D eigenvalue weighted by Gasteiger charge is -2.22. The molecule has 0 heterocycles. The Morgan fingerprint density at radius 3 is 2.31 bits per heavy atom. The van der Waals surface area contributed by atoms with E-state index in [9.17, 15) is 4.79 Å². The zero-order valence-electron chi connectivity index (χ0n) is 9.46. The van der Waals surface area contributed by atoms with Crippen molar-refractivity contribution < 1.29 is 9.53 Å². The van der Waals surface area contributed by atoms with Crippen molar-refractivity contribution in [1.82, 2.24) is 0 Å². The summed E-state index contributed by atoms with van der Waals surface area (Å²) in [5.41, 5.74) is 0.836. The largest absolute Gasteiger partial charge is 0.424 e. The number of benzene rings is 1. The van der Waals surface area contributed by atoms with E-state index in [2.05, 4.69) is 0 Å². The molecule has 1 rings (SSSR count). The number of para-hydroxylation sites is 1. The summed E-state index contributed by atoms with van der Waals surface area (Å²) in [6.07, 6.45) is 0. The maximum absolute atomic E-state index is 11.3. The normalized spacial score (nSPS) is 11.6. The van der Waals surface area contributed by atoms with Crippen molar-refractivity contribution in [2.75, 3.05) is 0 Å². The zero-order chi connectivity index (χ0) is 12.3. The van der Waals surface area contributed by atoms with Crippen molar-refractivity contribution in [3.05, 3.63) is 29.8 Å². The zero-order valence-corrected chi connectivity index (χ0v) is 11.0. The summed E-state index contributed by atoms with van der Waals surface area (Å²) < 4.78 is 5.13. The van der Waals surface area contributed by atoms with Crippen LogP contribution < -0.4 is 4.74 Å². The molecule has 0 bridgehead atoms. The molecule has 16 heavy (non-hydrogen) atoms. The standard InChI is InChI=1S/C12H14Cl2O2/c1-12(2,3)8-6-4-5-7-9(8)16-11(15)10(13)14/h4-7,10H,1-3H3. The first-order valence-electron chi connectivity index (χ1n) is 4.91. The van der Waals surface area contributed by atoms with Crippen LogP contribution in [0.1, 0.15) is 26.3 Å². The fraction of sp³-hybridized carbons (Fsp3) is 0.417. The van der Waals surface area contributed by atoms with Gasteiger partial charge in [0.2, 0.25) is 4.84 Å². The van der Waals surface area contributed by atoms with Gasteiger partial charge in [-0.1, -0.05) is 62.2 Å². The summed E-state index contributed by atoms with van der Waals surface area (Å²) in [5, 5.41) is 0. The molecule has 0 atom stereocenters. The van der Waals surface area contributed by atoms with Crippen molar-refractivity contribution in [2.24, 2.45) is 0 Å². The topological polar surface area (TPSA) is 26.3 Å². The molecule has 0 aromatic heterocycles. The fourth-order valence-electron chi connectivity index (χ4n) is 1.33. The van der Waals surface area contributed by atoms with Gasteiger partial charge in [-0.2, -0.15) is 0 Å². The molecule has 0 N–H and O–H groups in total. The quantitative estimate of drug-likeness (QED) is 0.461. The Kier molecular flexibility index (Phi) is 4.22. The minimum Gasteiger partial charge on any atom is -0.424 e. The van der Waals surface area contributed by atoms with Gasteiger partial charge in [0.05, 0.1) is 0 Å². The molecular formula is C12H14Cl2O2. The molecular weight excluding hydrogens is 247 g/mol. The number of ether oxygens (including phenoxy) is 1. The van der Waals surface area contributed by atoms with Gasteiger partial charge in [-0.3, -0.25) is 0 Å². The number of esters is 1. The molecule has 1 aromatic rings. The van der Waals surface area contributed by atoms with Crippen LogP contribution in [0.2, 0.25) is 0 Å². The van der Waals surface area contributed by atoms with Crippen LogP contribution in [0.25, 0.3) is 0 Å². The predicted octanol–water partition coefficient (Wildman–Crippen LogP) is 3.69. The third-order valence-corrected chi connectivity index (χ3v) is 2.44. The van der Waals surface area contributed by atoms with Gasteiger partial charge in [-0.15, -0.1) is 0 Å². The molecule has 0 spiro atoms. The highest BCUT2D eigenvalue weighted by Crippen LogP contribution is 2.31. The van der Waals surface area contributed by atoms with Gasteiger partial charge in [-0.05, 0) is 11.5 Å². The lowest BCUT2D eigenvalue weighted by molar-refractivity contribution is -0.132. The minimum atomic E-state index is -1.16. The molecule has 0 amide bonds. The van der Waals surface area contributed by atoms with Gasteiger partial charge >= 0.3 is 5.97 Å². The average Bonchev–Trinajstić information content (AvgIpc) is 2.16. The van der Waals surface area contributed by atoms with E-state index in [1.165, 1.54) is 0 Å². The first-order chi connectivity index (χ1) is 7.32. The molecule has 4 heteroatoms. The highest BCUT2D eigenvalue weighted by atomic mass is 35.5. The Balaban J connectivity index is 3.01. The second-order valence-electron chi connectivity index (χ2n) is 4.47. The predicted molar refractivity (Wildman–Crippen MR) is 66.3 cm³/mol. The summed E-state index contributed by atoms with van der Waals surface area (Å²) >= 11 is 10.9. The molecule has 0 saturated heterocycles. The van der Waals surface area contributed by atoms with E-state index in [0.717, 1.165) is 5.56 Å². The number of hydrogen-bond acceptors (Lipinski definition) is 2. The van der Waals surface area contributed by atoms with E-state index in [-0.39, 0.29) is 5.41 Å². The number of hydrogen-bond donors (Lipinski definition) is 0. The molecule has 88 valence electrons. The number of carbonyl (C=O) groups excluding carboxylic acids is 1. The van der Waals surface area contributed by atoms with Crippen LogP contribution in [0.4, 0.5) is 0 Å². The third-order valence-electron chi connectivity index (χ3n) is 2.08. The molecule has 0 radical (unpaired) electrons. The summed E-state index contributed by atoms with van der Waals surface area (Å²) in [5.74, 6) is -0.147. The molecule has 0 saturated carbocycles. The van der Waals surface area contributed by atoms with Crippen LogP contribution >= 0.6 is 23.2 Å². The van der Waals surface area contributed by atoms with Crippen LogP contribution in [0.15, 0.2) is 24.3 Å². The average molecular weight is 261 g/mol. The lowest BCUT2D eigenvalue weighted by atomic mass is 9.86. The number of rotatable bonds is 2. The Morgan fingerprint density at radius 1 is 1.25 bits per heavy atom. The number of halogens is 2. The molecule has 0 aliphatic carbocycles. The van der Waals surface area contributed by atoms with Crippen LogP contribution in [-0.4, -0.2) is 10.8 Å². The highest BCUT2D eigenvalue weighted by molar-refractivity contribution is 6.53. The molecule has 2 nitrogen and oxygen atoms in total. The summed E-state index contributed by atoms with van der Waals surface area (Å²) in [4.78, 5) is 10.1. The minimum absolute atomic E-state index is 0.106. The van der Waals surface area contributed by atoms with E-state index in [4.69, 9.17) is 27.9 Å². The van der Waals surface area contributed by atoms with Gasteiger partial charge in [0.15, 0.2) is 0 Å². The van der Waals surface area contributed by atoms with Gasteiger partial charge in [0, 0.05) is 5.56 Å². The fourth-order valence-corrected chi connectivity index (χ4v) is 1.42. The smallest absolute Gasteiger partial charge is 0.344 e. The van der Waals surface area contributed by atoms with E-state index >= 15 is 0 Å². The molecule has 1 aromatic carbocycles. The monoisotopic (exact) mass is 260 g/mol. The SMILES string of the molecule is CC(C)(C)c1ccccc1OC(=O)C(Cl)Cl. The summed E-state index contributed by atoms with van der Waals surface area (Å²) in [7, 11) is 0. The highest BCUT2D eigenvalue weighted by Gasteiger charge is 2.21. The first-order valence-corrected chi connectivity index (χ1v) is 5.79. The maximum Gasteiger partial charge on any atom is 0.344 e. The second-order valence-corrected chi connectivity index (χ2v) is 5.56. The molecule has 0 fully saturated rings. The van der Waals surface area contributed by atoms with Crippen molar-refractivity contribution in [3.8, 4) is 5.75 Å². The van der Waals surface area contributed by atoms with E-state index in [1.807, 2.05) is 32.9 Å². The first kappa shape index (κ1) is 13.3. The maximum atomic E-state index is 11.3. The van der Waals surface area contributed by atoms with E-state index in [0.29, 0.717) is 5.75 Å². The Bertz CT molecular complexity index is 381. The van der Waals surface area contributed by atoms with Crippen molar-refractivity contribution >= 4 is 29.2 Å². The van der Waals surface area contributed by atoms with Gasteiger partial charge in [0.25, 0.3) is 0 Å².